The predicted octanol–water partition coefficient (Wildman–Crippen LogP) is 0.171. The molecular formula is C16H40N2O10P2+2. The number of aliphatic hydroxyl groups is 2. The van der Waals surface area contributed by atoms with Gasteiger partial charge in [0.2, 0.25) is 0 Å². The molecule has 14 heteroatoms. The number of aliphatic hydroxyl groups excluding tert-OH is 2. The maximum Gasteiger partial charge on any atom is 0.472 e. The number of quaternary nitrogens is 2. The Morgan fingerprint density at radius 3 is 1.20 bits per heavy atom. The second-order valence-corrected chi connectivity index (χ2v) is 11.1. The van der Waals surface area contributed by atoms with Crippen molar-refractivity contribution in [1.82, 2.24) is 0 Å². The maximum absolute atomic E-state index is 11.8. The Hall–Kier alpha value is 0.0600. The first kappa shape index (κ1) is 30.1. The average Bonchev–Trinajstić information content (AvgIpc) is 2.56. The van der Waals surface area contributed by atoms with Crippen LogP contribution in [0.5, 0.6) is 0 Å². The van der Waals surface area contributed by atoms with Crippen molar-refractivity contribution in [2.24, 2.45) is 0 Å². The smallest absolute Gasteiger partial charge is 0.391 e. The second-order valence-electron chi connectivity index (χ2n) is 8.19. The van der Waals surface area contributed by atoms with Crippen molar-refractivity contribution in [1.29, 1.82) is 0 Å². The van der Waals surface area contributed by atoms with Crippen LogP contribution in [0, 0.1) is 0 Å². The molecule has 0 fully saturated rings. The molecule has 2 unspecified atom stereocenters. The zero-order valence-corrected chi connectivity index (χ0v) is 20.3. The predicted molar refractivity (Wildman–Crippen MR) is 111 cm³/mol. The number of rotatable bonds is 19. The first-order chi connectivity index (χ1) is 13.7. The molecule has 0 aliphatic rings. The van der Waals surface area contributed by atoms with Crippen molar-refractivity contribution < 1.29 is 56.2 Å². The molecule has 0 aromatic carbocycles. The lowest BCUT2D eigenvalue weighted by molar-refractivity contribution is -0.890. The third-order valence-corrected chi connectivity index (χ3v) is 6.40. The molecule has 0 saturated heterocycles. The molecule has 182 valence electrons. The van der Waals surface area contributed by atoms with Crippen LogP contribution in [0.4, 0.5) is 0 Å². The zero-order chi connectivity index (χ0) is 23.3. The zero-order valence-electron chi connectivity index (χ0n) is 18.5. The van der Waals surface area contributed by atoms with E-state index >= 15 is 0 Å². The van der Waals surface area contributed by atoms with Gasteiger partial charge in [-0.25, -0.2) is 9.13 Å². The minimum Gasteiger partial charge on any atom is -0.391 e. The van der Waals surface area contributed by atoms with Gasteiger partial charge in [-0.3, -0.25) is 18.1 Å². The van der Waals surface area contributed by atoms with Gasteiger partial charge in [0.1, 0.15) is 39.4 Å². The number of phosphoric acid groups is 2. The Morgan fingerprint density at radius 2 is 0.900 bits per heavy atom. The molecule has 12 nitrogen and oxygen atoms in total. The van der Waals surface area contributed by atoms with Gasteiger partial charge < -0.3 is 29.0 Å². The number of unbranched alkanes of at least 4 members (excludes halogenated alkanes) is 1. The van der Waals surface area contributed by atoms with E-state index in [-0.39, 0.29) is 39.6 Å². The highest BCUT2D eigenvalue weighted by Crippen LogP contribution is 2.44. The van der Waals surface area contributed by atoms with Gasteiger partial charge in [-0.15, -0.1) is 0 Å². The van der Waals surface area contributed by atoms with Crippen LogP contribution >= 0.6 is 15.6 Å². The largest absolute Gasteiger partial charge is 0.472 e. The summed E-state index contributed by atoms with van der Waals surface area (Å²) in [4.78, 5) is 19.3. The molecule has 2 atom stereocenters. The van der Waals surface area contributed by atoms with Gasteiger partial charge >= 0.3 is 15.6 Å². The molecule has 30 heavy (non-hydrogen) atoms. The topological polar surface area (TPSA) is 152 Å². The third kappa shape index (κ3) is 16.7. The number of phosphoric ester groups is 2. The lowest BCUT2D eigenvalue weighted by Crippen LogP contribution is -2.44. The highest BCUT2D eigenvalue weighted by Gasteiger charge is 2.25. The van der Waals surface area contributed by atoms with E-state index in [0.29, 0.717) is 48.0 Å². The lowest BCUT2D eigenvalue weighted by atomic mass is 10.3. The Bertz CT molecular complexity index is 514. The van der Waals surface area contributed by atoms with Crippen molar-refractivity contribution in [3.8, 4) is 0 Å². The van der Waals surface area contributed by atoms with E-state index in [2.05, 4.69) is 0 Å². The van der Waals surface area contributed by atoms with Gasteiger partial charge in [0.15, 0.2) is 0 Å². The monoisotopic (exact) mass is 482 g/mol. The van der Waals surface area contributed by atoms with Crippen LogP contribution in [0.3, 0.4) is 0 Å². The van der Waals surface area contributed by atoms with E-state index < -0.39 is 15.6 Å². The molecule has 0 heterocycles. The lowest BCUT2D eigenvalue weighted by Gasteiger charge is -2.28. The molecular weight excluding hydrogens is 442 g/mol. The van der Waals surface area contributed by atoms with Gasteiger partial charge in [0.25, 0.3) is 0 Å². The summed E-state index contributed by atoms with van der Waals surface area (Å²) in [5.74, 6) is 0. The first-order valence-corrected chi connectivity index (χ1v) is 12.8. The third-order valence-electron chi connectivity index (χ3n) is 4.36. The van der Waals surface area contributed by atoms with E-state index in [1.165, 1.54) is 0 Å². The van der Waals surface area contributed by atoms with Gasteiger partial charge in [-0.1, -0.05) is 0 Å². The van der Waals surface area contributed by atoms with Crippen LogP contribution in [0.2, 0.25) is 0 Å². The van der Waals surface area contributed by atoms with Crippen LogP contribution in [-0.2, 0) is 27.2 Å². The highest BCUT2D eigenvalue weighted by molar-refractivity contribution is 7.47. The van der Waals surface area contributed by atoms with Gasteiger partial charge in [0.05, 0.1) is 54.6 Å². The van der Waals surface area contributed by atoms with Crippen molar-refractivity contribution in [3.05, 3.63) is 0 Å². The summed E-state index contributed by atoms with van der Waals surface area (Å²) in [6, 6.07) is 0. The Labute approximate surface area is 179 Å². The normalized spacial score (nSPS) is 16.9. The summed E-state index contributed by atoms with van der Waals surface area (Å²) >= 11 is 0. The molecule has 0 spiro atoms. The highest BCUT2D eigenvalue weighted by atomic mass is 31.2. The van der Waals surface area contributed by atoms with Crippen LogP contribution in [0.1, 0.15) is 12.8 Å². The van der Waals surface area contributed by atoms with Crippen molar-refractivity contribution in [2.75, 3.05) is 94.0 Å². The fourth-order valence-electron chi connectivity index (χ4n) is 2.21. The fourth-order valence-corrected chi connectivity index (χ4v) is 3.70. The quantitative estimate of drug-likeness (QED) is 0.114. The van der Waals surface area contributed by atoms with Crippen LogP contribution in [-0.4, -0.2) is 123 Å². The van der Waals surface area contributed by atoms with Gasteiger partial charge in [-0.05, 0) is 12.8 Å². The molecule has 0 radical (unpaired) electrons. The summed E-state index contributed by atoms with van der Waals surface area (Å²) in [5.41, 5.74) is 0. The van der Waals surface area contributed by atoms with E-state index in [1.807, 2.05) is 28.2 Å². The number of hydrogen-bond donors (Lipinski definition) is 4. The van der Waals surface area contributed by atoms with E-state index in [1.54, 1.807) is 0 Å². The number of likely N-dealkylation sites (N-methyl/N-ethyl adjacent to an activating group) is 2. The summed E-state index contributed by atoms with van der Waals surface area (Å²) in [6.07, 6.45) is 0.640. The van der Waals surface area contributed by atoms with E-state index in [4.69, 9.17) is 28.3 Å². The first-order valence-electron chi connectivity index (χ1n) is 9.84. The fraction of sp³-hybridized carbons (Fsp3) is 1.00. The molecule has 0 rings (SSSR count). The molecule has 0 aromatic rings. The second kappa shape index (κ2) is 14.3. The SMILES string of the molecule is C[N+](C)(CCO)CCOP(=O)(O)OCCCCOP(=O)(O)OCC[N+](C)(C)CCO. The summed E-state index contributed by atoms with van der Waals surface area (Å²) in [6.45, 7) is 1.74. The maximum atomic E-state index is 11.8. The van der Waals surface area contributed by atoms with E-state index in [0.717, 1.165) is 0 Å². The molecule has 4 N–H and O–H groups in total. The van der Waals surface area contributed by atoms with Gasteiger partial charge in [-0.2, -0.15) is 0 Å². The van der Waals surface area contributed by atoms with Crippen LogP contribution in [0.25, 0.3) is 0 Å². The number of hydrogen-bond acceptors (Lipinski definition) is 8. The van der Waals surface area contributed by atoms with Crippen molar-refractivity contribution in [3.63, 3.8) is 0 Å². The molecule has 0 aromatic heterocycles. The van der Waals surface area contributed by atoms with Crippen LogP contribution < -0.4 is 0 Å². The van der Waals surface area contributed by atoms with Crippen molar-refractivity contribution >= 4 is 15.6 Å². The summed E-state index contributed by atoms with van der Waals surface area (Å²) < 4.78 is 44.0. The van der Waals surface area contributed by atoms with Gasteiger partial charge in [0, 0.05) is 0 Å². The van der Waals surface area contributed by atoms with E-state index in [9.17, 15) is 18.9 Å². The Morgan fingerprint density at radius 1 is 0.600 bits per heavy atom. The Kier molecular flexibility index (Phi) is 14.3. The minimum absolute atomic E-state index is 0.00272. The standard InChI is InChI=1S/C16H38N2O10P2/c1-17(2,7-11-19)9-15-27-29(21,22)25-13-5-6-14-26-30(23,24)28-16-10-18(3,4)8-12-20/h19-20H,5-16H2,1-4H3/p+2. The molecule has 0 aliphatic carbocycles. The number of nitrogens with zero attached hydrogens (tertiary/aromatic N) is 2. The van der Waals surface area contributed by atoms with Crippen molar-refractivity contribution in [2.45, 2.75) is 12.8 Å². The minimum atomic E-state index is -4.18. The molecule has 0 saturated carbocycles. The average molecular weight is 482 g/mol. The summed E-state index contributed by atoms with van der Waals surface area (Å²) in [5, 5.41) is 17.9. The molecule has 0 amide bonds. The summed E-state index contributed by atoms with van der Waals surface area (Å²) in [7, 11) is -0.904. The molecule has 0 aliphatic heterocycles. The van der Waals surface area contributed by atoms with Crippen LogP contribution in [0.15, 0.2) is 0 Å². The molecule has 0 bridgehead atoms. The Balaban J connectivity index is 3.93.